The van der Waals surface area contributed by atoms with Crippen molar-refractivity contribution in [2.45, 2.75) is 44.1 Å². The second-order valence-electron chi connectivity index (χ2n) is 5.17. The minimum absolute atomic E-state index is 0.192. The fourth-order valence-electron chi connectivity index (χ4n) is 2.96. The molecule has 0 radical (unpaired) electrons. The molecule has 18 heavy (non-hydrogen) atoms. The van der Waals surface area contributed by atoms with E-state index >= 15 is 0 Å². The van der Waals surface area contributed by atoms with E-state index in [4.69, 9.17) is 0 Å². The van der Waals surface area contributed by atoms with Crippen LogP contribution in [-0.2, 0) is 6.42 Å². The van der Waals surface area contributed by atoms with Crippen molar-refractivity contribution in [1.82, 2.24) is 24.9 Å². The first kappa shape index (κ1) is 11.6. The second kappa shape index (κ2) is 4.65. The van der Waals surface area contributed by atoms with Crippen LogP contribution < -0.4 is 5.32 Å². The van der Waals surface area contributed by atoms with Crippen molar-refractivity contribution in [3.63, 3.8) is 0 Å². The summed E-state index contributed by atoms with van der Waals surface area (Å²) in [5.41, 5.74) is 0.192. The number of nitrogens with one attached hydrogen (secondary N) is 1. The maximum absolute atomic E-state index is 4.29. The zero-order valence-electron chi connectivity index (χ0n) is 10.8. The average molecular weight is 245 g/mol. The highest BCUT2D eigenvalue weighted by atomic mass is 15.3. The monoisotopic (exact) mass is 245 g/mol. The topological polar surface area (TPSA) is 55.1 Å². The Bertz CT molecular complexity index is 527. The lowest BCUT2D eigenvalue weighted by Gasteiger charge is -2.36. The van der Waals surface area contributed by atoms with Crippen molar-refractivity contribution in [1.29, 1.82) is 0 Å². The molecule has 0 atom stereocenters. The van der Waals surface area contributed by atoms with Crippen molar-refractivity contribution < 1.29 is 0 Å². The van der Waals surface area contributed by atoms with Gasteiger partial charge in [0.05, 0.1) is 0 Å². The summed E-state index contributed by atoms with van der Waals surface area (Å²) in [4.78, 5) is 4.21. The third-order valence-corrected chi connectivity index (χ3v) is 4.10. The van der Waals surface area contributed by atoms with Gasteiger partial charge in [-0.25, -0.2) is 4.98 Å². The van der Waals surface area contributed by atoms with Crippen LogP contribution in [0.15, 0.2) is 18.5 Å². The largest absolute Gasteiger partial charge is 0.314 e. The molecule has 0 amide bonds. The molecule has 0 spiro atoms. The van der Waals surface area contributed by atoms with Gasteiger partial charge in [0.25, 0.3) is 5.78 Å². The first-order chi connectivity index (χ1) is 8.83. The molecule has 96 valence electrons. The van der Waals surface area contributed by atoms with Gasteiger partial charge in [-0.05, 0) is 26.0 Å². The zero-order valence-corrected chi connectivity index (χ0v) is 10.8. The summed E-state index contributed by atoms with van der Waals surface area (Å²) in [6, 6.07) is 1.92. The molecule has 3 rings (SSSR count). The van der Waals surface area contributed by atoms with Crippen LogP contribution >= 0.6 is 0 Å². The van der Waals surface area contributed by atoms with Gasteiger partial charge in [0.1, 0.15) is 5.82 Å². The minimum atomic E-state index is 0.192. The molecule has 1 N–H and O–H groups in total. The van der Waals surface area contributed by atoms with E-state index in [9.17, 15) is 0 Å². The SMILES string of the molecule is CNC1(Cc2nnc3ncccn23)CCCCC1. The van der Waals surface area contributed by atoms with Crippen LogP contribution in [0.2, 0.25) is 0 Å². The average Bonchev–Trinajstić information content (AvgIpc) is 2.83. The van der Waals surface area contributed by atoms with E-state index in [0.29, 0.717) is 5.78 Å². The predicted molar refractivity (Wildman–Crippen MR) is 69.4 cm³/mol. The van der Waals surface area contributed by atoms with Crippen LogP contribution in [0, 0.1) is 0 Å². The quantitative estimate of drug-likeness (QED) is 0.892. The Morgan fingerprint density at radius 1 is 1.28 bits per heavy atom. The molecule has 0 unspecified atom stereocenters. The number of hydrogen-bond donors (Lipinski definition) is 1. The molecule has 2 heterocycles. The molecule has 0 aliphatic heterocycles. The Balaban J connectivity index is 1.90. The van der Waals surface area contributed by atoms with Gasteiger partial charge >= 0.3 is 0 Å². The van der Waals surface area contributed by atoms with Crippen LogP contribution in [0.1, 0.15) is 37.9 Å². The van der Waals surface area contributed by atoms with Gasteiger partial charge in [-0.15, -0.1) is 10.2 Å². The summed E-state index contributed by atoms with van der Waals surface area (Å²) in [5, 5.41) is 11.9. The third kappa shape index (κ3) is 1.99. The first-order valence-electron chi connectivity index (χ1n) is 6.67. The lowest BCUT2D eigenvalue weighted by atomic mass is 9.79. The van der Waals surface area contributed by atoms with E-state index in [1.807, 2.05) is 16.7 Å². The molecule has 0 aromatic carbocycles. The molecule has 1 aliphatic carbocycles. The van der Waals surface area contributed by atoms with Gasteiger partial charge in [-0.2, -0.15) is 0 Å². The van der Waals surface area contributed by atoms with Gasteiger partial charge < -0.3 is 5.32 Å². The highest BCUT2D eigenvalue weighted by Gasteiger charge is 2.32. The van der Waals surface area contributed by atoms with E-state index in [-0.39, 0.29) is 5.54 Å². The van der Waals surface area contributed by atoms with E-state index in [1.165, 1.54) is 32.1 Å². The van der Waals surface area contributed by atoms with Crippen LogP contribution in [0.4, 0.5) is 0 Å². The molecule has 0 saturated heterocycles. The Kier molecular flexibility index (Phi) is 2.99. The zero-order chi connectivity index (χ0) is 12.4. The number of likely N-dealkylation sites (N-methyl/N-ethyl adjacent to an activating group) is 1. The number of fused-ring (bicyclic) bond motifs is 1. The Morgan fingerprint density at radius 2 is 2.11 bits per heavy atom. The molecule has 2 aromatic rings. The van der Waals surface area contributed by atoms with E-state index in [0.717, 1.165) is 12.2 Å². The molecule has 1 aliphatic rings. The van der Waals surface area contributed by atoms with Gasteiger partial charge in [-0.1, -0.05) is 19.3 Å². The Morgan fingerprint density at radius 3 is 2.89 bits per heavy atom. The van der Waals surface area contributed by atoms with Crippen molar-refractivity contribution in [2.75, 3.05) is 7.05 Å². The molecular weight excluding hydrogens is 226 g/mol. The summed E-state index contributed by atoms with van der Waals surface area (Å²) >= 11 is 0. The molecule has 5 nitrogen and oxygen atoms in total. The fraction of sp³-hybridized carbons (Fsp3) is 0.615. The summed E-state index contributed by atoms with van der Waals surface area (Å²) in [5.74, 6) is 1.70. The molecule has 1 fully saturated rings. The summed E-state index contributed by atoms with van der Waals surface area (Å²) in [6.45, 7) is 0. The van der Waals surface area contributed by atoms with Crippen molar-refractivity contribution >= 4 is 5.78 Å². The molecule has 1 saturated carbocycles. The van der Waals surface area contributed by atoms with Gasteiger partial charge in [-0.3, -0.25) is 4.40 Å². The van der Waals surface area contributed by atoms with Crippen LogP contribution in [0.25, 0.3) is 5.78 Å². The normalized spacial score (nSPS) is 19.2. The van der Waals surface area contributed by atoms with Crippen LogP contribution in [0.3, 0.4) is 0 Å². The highest BCUT2D eigenvalue weighted by molar-refractivity contribution is 5.26. The van der Waals surface area contributed by atoms with Gasteiger partial charge in [0.2, 0.25) is 0 Å². The second-order valence-corrected chi connectivity index (χ2v) is 5.17. The highest BCUT2D eigenvalue weighted by Crippen LogP contribution is 2.30. The summed E-state index contributed by atoms with van der Waals surface area (Å²) < 4.78 is 1.99. The first-order valence-corrected chi connectivity index (χ1v) is 6.67. The Hall–Kier alpha value is -1.49. The maximum Gasteiger partial charge on any atom is 0.254 e. The molecule has 2 aromatic heterocycles. The van der Waals surface area contributed by atoms with Gasteiger partial charge in [0, 0.05) is 24.4 Å². The smallest absolute Gasteiger partial charge is 0.254 e. The fourth-order valence-corrected chi connectivity index (χ4v) is 2.96. The molecule has 0 bridgehead atoms. The van der Waals surface area contributed by atoms with Crippen molar-refractivity contribution in [2.24, 2.45) is 0 Å². The standard InChI is InChI=1S/C13H19N5/c1-14-13(6-3-2-4-7-13)10-11-16-17-12-15-8-5-9-18(11)12/h5,8-9,14H,2-4,6-7,10H2,1H3. The van der Waals surface area contributed by atoms with E-state index in [2.05, 4.69) is 27.5 Å². The predicted octanol–water partition coefficient (Wildman–Crippen LogP) is 1.59. The third-order valence-electron chi connectivity index (χ3n) is 4.10. The number of nitrogens with zero attached hydrogens (tertiary/aromatic N) is 4. The van der Waals surface area contributed by atoms with Crippen molar-refractivity contribution in [3.05, 3.63) is 24.3 Å². The van der Waals surface area contributed by atoms with Crippen LogP contribution in [-0.4, -0.2) is 32.2 Å². The van der Waals surface area contributed by atoms with E-state index < -0.39 is 0 Å². The number of aromatic nitrogens is 4. The molecule has 5 heteroatoms. The number of rotatable bonds is 3. The lowest BCUT2D eigenvalue weighted by Crippen LogP contribution is -2.46. The van der Waals surface area contributed by atoms with E-state index in [1.54, 1.807) is 6.20 Å². The number of hydrogen-bond acceptors (Lipinski definition) is 4. The maximum atomic E-state index is 4.29. The van der Waals surface area contributed by atoms with Crippen LogP contribution in [0.5, 0.6) is 0 Å². The summed E-state index contributed by atoms with van der Waals surface area (Å²) in [6.07, 6.45) is 11.1. The summed E-state index contributed by atoms with van der Waals surface area (Å²) in [7, 11) is 2.06. The molecular formula is C13H19N5. The van der Waals surface area contributed by atoms with Gasteiger partial charge in [0.15, 0.2) is 0 Å². The lowest BCUT2D eigenvalue weighted by molar-refractivity contribution is 0.240. The van der Waals surface area contributed by atoms with Crippen molar-refractivity contribution in [3.8, 4) is 0 Å². The minimum Gasteiger partial charge on any atom is -0.314 e. The Labute approximate surface area is 107 Å².